The Hall–Kier alpha value is -1.30. The number of urea groups is 1. The van der Waals surface area contributed by atoms with Crippen molar-refractivity contribution < 1.29 is 9.59 Å². The molecule has 0 fully saturated rings. The van der Waals surface area contributed by atoms with Gasteiger partial charge in [-0.1, -0.05) is 23.2 Å². The van der Waals surface area contributed by atoms with E-state index in [-0.39, 0.29) is 12.3 Å². The standard InChI is InChI=1S/C14H17Cl2N3O2/c1-17-14(21)18-13(20)3-5-19-4-2-11-9(8-19)6-10(15)7-12(11)16/h6-7H,2-5,8H2,1H3,(H2,17,18,20,21). The second-order valence-corrected chi connectivity index (χ2v) is 5.77. The number of hydrogen-bond donors (Lipinski definition) is 2. The Morgan fingerprint density at radius 2 is 2.10 bits per heavy atom. The molecule has 0 unspecified atom stereocenters. The topological polar surface area (TPSA) is 61.4 Å². The van der Waals surface area contributed by atoms with E-state index >= 15 is 0 Å². The van der Waals surface area contributed by atoms with Gasteiger partial charge >= 0.3 is 6.03 Å². The molecular formula is C14H17Cl2N3O2. The lowest BCUT2D eigenvalue weighted by molar-refractivity contribution is -0.120. The van der Waals surface area contributed by atoms with Gasteiger partial charge in [0.1, 0.15) is 0 Å². The Balaban J connectivity index is 1.90. The third kappa shape index (κ3) is 4.33. The van der Waals surface area contributed by atoms with Crippen molar-refractivity contribution in [3.8, 4) is 0 Å². The maximum atomic E-state index is 11.6. The smallest absolute Gasteiger partial charge is 0.321 e. The fourth-order valence-corrected chi connectivity index (χ4v) is 3.00. The third-order valence-corrected chi connectivity index (χ3v) is 4.02. The van der Waals surface area contributed by atoms with Gasteiger partial charge in [0.25, 0.3) is 0 Å². The zero-order valence-electron chi connectivity index (χ0n) is 11.7. The molecule has 0 radical (unpaired) electrons. The number of fused-ring (bicyclic) bond motifs is 1. The number of imide groups is 1. The van der Waals surface area contributed by atoms with E-state index in [0.717, 1.165) is 24.1 Å². The second kappa shape index (κ2) is 7.11. The van der Waals surface area contributed by atoms with Gasteiger partial charge in [-0.3, -0.25) is 15.0 Å². The zero-order chi connectivity index (χ0) is 15.4. The molecular weight excluding hydrogens is 313 g/mol. The average Bonchev–Trinajstić information content (AvgIpc) is 2.44. The van der Waals surface area contributed by atoms with E-state index in [9.17, 15) is 9.59 Å². The lowest BCUT2D eigenvalue weighted by Crippen LogP contribution is -2.40. The number of rotatable bonds is 3. The predicted octanol–water partition coefficient (Wildman–Crippen LogP) is 2.20. The second-order valence-electron chi connectivity index (χ2n) is 4.93. The van der Waals surface area contributed by atoms with Crippen LogP contribution in [-0.2, 0) is 17.8 Å². The molecule has 0 spiro atoms. The Bertz CT molecular complexity index is 563. The minimum absolute atomic E-state index is 0.275. The zero-order valence-corrected chi connectivity index (χ0v) is 13.2. The molecule has 0 aromatic heterocycles. The minimum Gasteiger partial charge on any atom is -0.341 e. The largest absolute Gasteiger partial charge is 0.341 e. The molecule has 114 valence electrons. The van der Waals surface area contributed by atoms with Crippen molar-refractivity contribution in [2.24, 2.45) is 0 Å². The van der Waals surface area contributed by atoms with E-state index in [1.54, 1.807) is 6.07 Å². The van der Waals surface area contributed by atoms with Crippen LogP contribution >= 0.6 is 23.2 Å². The van der Waals surface area contributed by atoms with Gasteiger partial charge in [-0.25, -0.2) is 4.79 Å². The van der Waals surface area contributed by atoms with Gasteiger partial charge in [0.2, 0.25) is 5.91 Å². The molecule has 2 rings (SSSR count). The lowest BCUT2D eigenvalue weighted by Gasteiger charge is -2.29. The van der Waals surface area contributed by atoms with Crippen LogP contribution in [0.2, 0.25) is 10.0 Å². The quantitative estimate of drug-likeness (QED) is 0.893. The first-order valence-electron chi connectivity index (χ1n) is 6.70. The normalized spacial score (nSPS) is 14.4. The highest BCUT2D eigenvalue weighted by molar-refractivity contribution is 6.35. The Kier molecular flexibility index (Phi) is 5.45. The van der Waals surface area contributed by atoms with Crippen molar-refractivity contribution >= 4 is 35.1 Å². The number of halogens is 2. The molecule has 1 aromatic rings. The van der Waals surface area contributed by atoms with Crippen LogP contribution in [0.4, 0.5) is 4.79 Å². The van der Waals surface area contributed by atoms with Crippen LogP contribution in [0.25, 0.3) is 0 Å². The average molecular weight is 330 g/mol. The first-order valence-corrected chi connectivity index (χ1v) is 7.46. The van der Waals surface area contributed by atoms with Crippen molar-refractivity contribution in [1.29, 1.82) is 0 Å². The first-order chi connectivity index (χ1) is 9.99. The number of nitrogens with zero attached hydrogens (tertiary/aromatic N) is 1. The van der Waals surface area contributed by atoms with Crippen LogP contribution in [-0.4, -0.2) is 37.0 Å². The van der Waals surface area contributed by atoms with Crippen LogP contribution in [0, 0.1) is 0 Å². The number of nitrogens with one attached hydrogen (secondary N) is 2. The Morgan fingerprint density at radius 3 is 2.81 bits per heavy atom. The lowest BCUT2D eigenvalue weighted by atomic mass is 9.99. The van der Waals surface area contributed by atoms with Crippen LogP contribution in [0.3, 0.4) is 0 Å². The summed E-state index contributed by atoms with van der Waals surface area (Å²) in [7, 11) is 1.47. The minimum atomic E-state index is -0.484. The number of hydrogen-bond acceptors (Lipinski definition) is 3. The highest BCUT2D eigenvalue weighted by Gasteiger charge is 2.19. The number of carbonyl (C=O) groups is 2. The molecule has 1 heterocycles. The molecule has 0 saturated heterocycles. The molecule has 0 aliphatic carbocycles. The Labute approximate surface area is 133 Å². The molecule has 3 amide bonds. The number of benzene rings is 1. The van der Waals surface area contributed by atoms with Gasteiger partial charge in [0.05, 0.1) is 0 Å². The van der Waals surface area contributed by atoms with Crippen molar-refractivity contribution in [1.82, 2.24) is 15.5 Å². The van der Waals surface area contributed by atoms with E-state index in [1.807, 2.05) is 6.07 Å². The van der Waals surface area contributed by atoms with Crippen molar-refractivity contribution in [3.05, 3.63) is 33.3 Å². The summed E-state index contributed by atoms with van der Waals surface area (Å²) in [5.74, 6) is -0.288. The molecule has 7 heteroatoms. The highest BCUT2D eigenvalue weighted by atomic mass is 35.5. The summed E-state index contributed by atoms with van der Waals surface area (Å²) in [6, 6.07) is 3.19. The van der Waals surface area contributed by atoms with Gasteiger partial charge in [0.15, 0.2) is 0 Å². The molecule has 0 bridgehead atoms. The van der Waals surface area contributed by atoms with Gasteiger partial charge in [-0.2, -0.15) is 0 Å². The van der Waals surface area contributed by atoms with Gasteiger partial charge in [0, 0.05) is 43.1 Å². The summed E-state index contributed by atoms with van der Waals surface area (Å²) in [6.45, 7) is 2.14. The van der Waals surface area contributed by atoms with Crippen LogP contribution in [0.15, 0.2) is 12.1 Å². The molecule has 5 nitrogen and oxygen atoms in total. The molecule has 21 heavy (non-hydrogen) atoms. The van der Waals surface area contributed by atoms with E-state index < -0.39 is 6.03 Å². The van der Waals surface area contributed by atoms with E-state index in [2.05, 4.69) is 15.5 Å². The van der Waals surface area contributed by atoms with Gasteiger partial charge in [-0.05, 0) is 29.7 Å². The fourth-order valence-electron chi connectivity index (χ4n) is 2.37. The van der Waals surface area contributed by atoms with E-state index in [1.165, 1.54) is 7.05 Å². The molecule has 1 aromatic carbocycles. The first kappa shape index (κ1) is 16.1. The highest BCUT2D eigenvalue weighted by Crippen LogP contribution is 2.29. The van der Waals surface area contributed by atoms with Gasteiger partial charge in [-0.15, -0.1) is 0 Å². The fraction of sp³-hybridized carbons (Fsp3) is 0.429. The molecule has 2 N–H and O–H groups in total. The maximum absolute atomic E-state index is 11.6. The van der Waals surface area contributed by atoms with Crippen molar-refractivity contribution in [2.45, 2.75) is 19.4 Å². The van der Waals surface area contributed by atoms with E-state index in [0.29, 0.717) is 23.1 Å². The van der Waals surface area contributed by atoms with Crippen LogP contribution in [0.1, 0.15) is 17.5 Å². The summed E-state index contributed by atoms with van der Waals surface area (Å²) < 4.78 is 0. The SMILES string of the molecule is CNC(=O)NC(=O)CCN1CCc2c(Cl)cc(Cl)cc2C1. The van der Waals surface area contributed by atoms with Crippen LogP contribution in [0.5, 0.6) is 0 Å². The summed E-state index contributed by atoms with van der Waals surface area (Å²) in [4.78, 5) is 24.7. The summed E-state index contributed by atoms with van der Waals surface area (Å²) in [5.41, 5.74) is 2.23. The number of amides is 3. The van der Waals surface area contributed by atoms with Crippen molar-refractivity contribution in [2.75, 3.05) is 20.1 Å². The Morgan fingerprint density at radius 1 is 1.33 bits per heavy atom. The molecule has 1 aliphatic rings. The summed E-state index contributed by atoms with van der Waals surface area (Å²) >= 11 is 12.2. The molecule has 1 aliphatic heterocycles. The third-order valence-electron chi connectivity index (χ3n) is 3.46. The van der Waals surface area contributed by atoms with Crippen LogP contribution < -0.4 is 10.6 Å². The summed E-state index contributed by atoms with van der Waals surface area (Å²) in [6.07, 6.45) is 1.11. The van der Waals surface area contributed by atoms with Gasteiger partial charge < -0.3 is 5.32 Å². The molecule has 0 saturated carbocycles. The molecule has 0 atom stereocenters. The summed E-state index contributed by atoms with van der Waals surface area (Å²) in [5, 5.41) is 5.92. The predicted molar refractivity (Wildman–Crippen MR) is 82.7 cm³/mol. The van der Waals surface area contributed by atoms with Crippen molar-refractivity contribution in [3.63, 3.8) is 0 Å². The van der Waals surface area contributed by atoms with E-state index in [4.69, 9.17) is 23.2 Å². The monoisotopic (exact) mass is 329 g/mol. The number of carbonyl (C=O) groups excluding carboxylic acids is 2. The maximum Gasteiger partial charge on any atom is 0.321 e.